The molecular weight excluding hydrogens is 262 g/mol. The smallest absolute Gasteiger partial charge is 0.249 e. The number of anilines is 3. The minimum atomic E-state index is 0.560. The van der Waals surface area contributed by atoms with Crippen LogP contribution < -0.4 is 10.2 Å². The molecule has 1 aromatic carbocycles. The van der Waals surface area contributed by atoms with Gasteiger partial charge in [0.25, 0.3) is 0 Å². The van der Waals surface area contributed by atoms with Crippen LogP contribution in [-0.2, 0) is 0 Å². The molecule has 0 saturated carbocycles. The van der Waals surface area contributed by atoms with E-state index in [2.05, 4.69) is 57.4 Å². The Morgan fingerprint density at radius 2 is 1.90 bits per heavy atom. The summed E-state index contributed by atoms with van der Waals surface area (Å²) in [6, 6.07) is 6.28. The molecule has 0 radical (unpaired) electrons. The molecule has 0 spiro atoms. The molecule has 0 aliphatic carbocycles. The van der Waals surface area contributed by atoms with Crippen LogP contribution in [0.1, 0.15) is 30.4 Å². The monoisotopic (exact) mass is 283 g/mol. The molecule has 2 heterocycles. The van der Waals surface area contributed by atoms with Crippen molar-refractivity contribution in [3.05, 3.63) is 35.5 Å². The summed E-state index contributed by atoms with van der Waals surface area (Å²) < 4.78 is 0. The molecule has 1 aliphatic heterocycles. The lowest BCUT2D eigenvalue weighted by Crippen LogP contribution is -2.30. The largest absolute Gasteiger partial charge is 0.355 e. The summed E-state index contributed by atoms with van der Waals surface area (Å²) in [5.74, 6) is 1.47. The van der Waals surface area contributed by atoms with Crippen LogP contribution in [0.15, 0.2) is 24.4 Å². The molecule has 1 N–H and O–H groups in total. The molecule has 21 heavy (non-hydrogen) atoms. The van der Waals surface area contributed by atoms with E-state index in [0.717, 1.165) is 24.6 Å². The van der Waals surface area contributed by atoms with Gasteiger partial charge in [0.1, 0.15) is 0 Å². The van der Waals surface area contributed by atoms with Gasteiger partial charge in [-0.1, -0.05) is 17.7 Å². The zero-order chi connectivity index (χ0) is 14.7. The Hall–Kier alpha value is -2.17. The van der Waals surface area contributed by atoms with E-state index in [1.807, 2.05) is 0 Å². The summed E-state index contributed by atoms with van der Waals surface area (Å²) in [6.45, 7) is 6.28. The fourth-order valence-corrected chi connectivity index (χ4v) is 2.70. The molecule has 5 heteroatoms. The fourth-order valence-electron chi connectivity index (χ4n) is 2.70. The van der Waals surface area contributed by atoms with E-state index in [-0.39, 0.29) is 0 Å². The van der Waals surface area contributed by atoms with Gasteiger partial charge in [0, 0.05) is 18.8 Å². The highest BCUT2D eigenvalue weighted by atomic mass is 15.3. The number of rotatable bonds is 3. The topological polar surface area (TPSA) is 53.9 Å². The third kappa shape index (κ3) is 3.29. The van der Waals surface area contributed by atoms with E-state index in [4.69, 9.17) is 0 Å². The highest BCUT2D eigenvalue weighted by Crippen LogP contribution is 2.21. The predicted molar refractivity (Wildman–Crippen MR) is 85.1 cm³/mol. The molecular formula is C16H21N5. The van der Waals surface area contributed by atoms with Crippen LogP contribution in [0.4, 0.5) is 17.5 Å². The molecule has 1 aliphatic rings. The Kier molecular flexibility index (Phi) is 3.99. The van der Waals surface area contributed by atoms with Gasteiger partial charge < -0.3 is 10.2 Å². The Morgan fingerprint density at radius 3 is 2.67 bits per heavy atom. The molecule has 0 unspecified atom stereocenters. The average Bonchev–Trinajstić information content (AvgIpc) is 2.51. The second kappa shape index (κ2) is 6.08. The van der Waals surface area contributed by atoms with Gasteiger partial charge in [-0.3, -0.25) is 0 Å². The van der Waals surface area contributed by atoms with E-state index < -0.39 is 0 Å². The zero-order valence-electron chi connectivity index (χ0n) is 12.6. The van der Waals surface area contributed by atoms with Gasteiger partial charge in [0.2, 0.25) is 5.95 Å². The Morgan fingerprint density at radius 1 is 1.10 bits per heavy atom. The molecule has 1 aromatic heterocycles. The van der Waals surface area contributed by atoms with Crippen molar-refractivity contribution in [3.8, 4) is 0 Å². The van der Waals surface area contributed by atoms with Gasteiger partial charge in [-0.05, 0) is 44.7 Å². The summed E-state index contributed by atoms with van der Waals surface area (Å²) in [7, 11) is 0. The van der Waals surface area contributed by atoms with Gasteiger partial charge in [-0.2, -0.15) is 10.1 Å². The van der Waals surface area contributed by atoms with Crippen molar-refractivity contribution in [1.82, 2.24) is 15.2 Å². The Labute approximate surface area is 125 Å². The van der Waals surface area contributed by atoms with Gasteiger partial charge in [-0.25, -0.2) is 0 Å². The van der Waals surface area contributed by atoms with Crippen molar-refractivity contribution >= 4 is 17.5 Å². The van der Waals surface area contributed by atoms with Crippen molar-refractivity contribution in [2.45, 2.75) is 33.1 Å². The maximum Gasteiger partial charge on any atom is 0.249 e. The summed E-state index contributed by atoms with van der Waals surface area (Å²) in [5.41, 5.74) is 3.46. The van der Waals surface area contributed by atoms with Gasteiger partial charge in [0.15, 0.2) is 5.82 Å². The summed E-state index contributed by atoms with van der Waals surface area (Å²) in [5, 5.41) is 11.4. The molecule has 1 fully saturated rings. The third-order valence-corrected chi connectivity index (χ3v) is 3.85. The number of nitrogens with one attached hydrogen (secondary N) is 1. The molecule has 3 rings (SSSR count). The van der Waals surface area contributed by atoms with Crippen LogP contribution in [0.25, 0.3) is 0 Å². The number of nitrogens with zero attached hydrogens (tertiary/aromatic N) is 4. The van der Waals surface area contributed by atoms with Gasteiger partial charge >= 0.3 is 0 Å². The molecule has 0 bridgehead atoms. The third-order valence-electron chi connectivity index (χ3n) is 3.85. The predicted octanol–water partition coefficient (Wildman–Crippen LogP) is 3.22. The number of benzene rings is 1. The number of piperidine rings is 1. The zero-order valence-corrected chi connectivity index (χ0v) is 12.6. The molecule has 2 aromatic rings. The highest BCUT2D eigenvalue weighted by Gasteiger charge is 2.13. The maximum atomic E-state index is 4.60. The first-order chi connectivity index (χ1) is 10.2. The summed E-state index contributed by atoms with van der Waals surface area (Å²) >= 11 is 0. The van der Waals surface area contributed by atoms with Gasteiger partial charge in [-0.15, -0.1) is 5.10 Å². The van der Waals surface area contributed by atoms with Crippen LogP contribution in [-0.4, -0.2) is 28.3 Å². The number of aromatic nitrogens is 3. The van der Waals surface area contributed by atoms with Crippen molar-refractivity contribution in [2.75, 3.05) is 23.3 Å². The highest BCUT2D eigenvalue weighted by molar-refractivity contribution is 5.59. The van der Waals surface area contributed by atoms with Gasteiger partial charge in [0.05, 0.1) is 6.20 Å². The lowest BCUT2D eigenvalue weighted by molar-refractivity contribution is 0.572. The molecule has 0 amide bonds. The lowest BCUT2D eigenvalue weighted by atomic mass is 10.1. The first-order valence-corrected chi connectivity index (χ1v) is 7.51. The van der Waals surface area contributed by atoms with Crippen LogP contribution in [0.2, 0.25) is 0 Å². The summed E-state index contributed by atoms with van der Waals surface area (Å²) in [4.78, 5) is 6.88. The minimum absolute atomic E-state index is 0.560. The SMILES string of the molecule is Cc1ccc(Nc2nncc(N3CCCCC3)n2)c(C)c1. The maximum absolute atomic E-state index is 4.60. The number of aryl methyl sites for hydroxylation is 2. The van der Waals surface area contributed by atoms with Crippen molar-refractivity contribution < 1.29 is 0 Å². The normalized spacial score (nSPS) is 15.0. The van der Waals surface area contributed by atoms with Crippen molar-refractivity contribution in [1.29, 1.82) is 0 Å². The van der Waals surface area contributed by atoms with E-state index in [9.17, 15) is 0 Å². The van der Waals surface area contributed by atoms with Crippen LogP contribution in [0.5, 0.6) is 0 Å². The fraction of sp³-hybridized carbons (Fsp3) is 0.438. The standard InChI is InChI=1S/C16H21N5/c1-12-6-7-14(13(2)10-12)18-16-19-15(11-17-20-16)21-8-4-3-5-9-21/h6-7,10-11H,3-5,8-9H2,1-2H3,(H,18,19,20). The molecule has 110 valence electrons. The average molecular weight is 283 g/mol. The van der Waals surface area contributed by atoms with E-state index in [1.165, 1.54) is 30.4 Å². The summed E-state index contributed by atoms with van der Waals surface area (Å²) in [6.07, 6.45) is 5.51. The van der Waals surface area contributed by atoms with Crippen LogP contribution in [0, 0.1) is 13.8 Å². The van der Waals surface area contributed by atoms with Crippen molar-refractivity contribution in [2.24, 2.45) is 0 Å². The quantitative estimate of drug-likeness (QED) is 0.937. The van der Waals surface area contributed by atoms with E-state index in [1.54, 1.807) is 6.20 Å². The Balaban J connectivity index is 1.79. The molecule has 0 atom stereocenters. The first-order valence-electron chi connectivity index (χ1n) is 7.51. The second-order valence-corrected chi connectivity index (χ2v) is 5.63. The second-order valence-electron chi connectivity index (χ2n) is 5.63. The van der Waals surface area contributed by atoms with Crippen LogP contribution >= 0.6 is 0 Å². The van der Waals surface area contributed by atoms with E-state index in [0.29, 0.717) is 5.95 Å². The molecule has 1 saturated heterocycles. The molecule has 5 nitrogen and oxygen atoms in total. The Bertz CT molecular complexity index is 620. The minimum Gasteiger partial charge on any atom is -0.355 e. The number of hydrogen-bond acceptors (Lipinski definition) is 5. The number of hydrogen-bond donors (Lipinski definition) is 1. The van der Waals surface area contributed by atoms with Crippen molar-refractivity contribution in [3.63, 3.8) is 0 Å². The lowest BCUT2D eigenvalue weighted by Gasteiger charge is -2.27. The first kappa shape index (κ1) is 13.8. The van der Waals surface area contributed by atoms with Crippen LogP contribution in [0.3, 0.4) is 0 Å². The van der Waals surface area contributed by atoms with E-state index >= 15 is 0 Å².